The fourth-order valence-electron chi connectivity index (χ4n) is 2.98. The largest absolute Gasteiger partial charge is 0.496 e. The summed E-state index contributed by atoms with van der Waals surface area (Å²) in [6, 6.07) is 6.76. The van der Waals surface area contributed by atoms with Gasteiger partial charge in [0.25, 0.3) is 5.91 Å². The molecule has 144 valence electrons. The van der Waals surface area contributed by atoms with Crippen LogP contribution in [0.2, 0.25) is 5.02 Å². The molecule has 0 radical (unpaired) electrons. The third-order valence-corrected chi connectivity index (χ3v) is 4.51. The average Bonchev–Trinajstić information content (AvgIpc) is 3.19. The normalized spacial score (nSPS) is 13.5. The van der Waals surface area contributed by atoms with E-state index in [1.165, 1.54) is 20.0 Å². The van der Waals surface area contributed by atoms with Gasteiger partial charge in [-0.3, -0.25) is 4.79 Å². The number of nitrogens with zero attached hydrogens (tertiary/aromatic N) is 3. The summed E-state index contributed by atoms with van der Waals surface area (Å²) in [7, 11) is 1.51. The first-order valence-corrected chi connectivity index (χ1v) is 9.30. The third-order valence-electron chi connectivity index (χ3n) is 4.27. The monoisotopic (exact) mass is 390 g/mol. The second kappa shape index (κ2) is 8.90. The zero-order valence-electron chi connectivity index (χ0n) is 15.5. The number of anilines is 1. The molecule has 1 aliphatic heterocycles. The Hall–Kier alpha value is -2.54. The van der Waals surface area contributed by atoms with Gasteiger partial charge >= 0.3 is 0 Å². The van der Waals surface area contributed by atoms with Crippen LogP contribution >= 0.6 is 11.6 Å². The molecule has 0 spiro atoms. The van der Waals surface area contributed by atoms with Crippen molar-refractivity contribution < 1.29 is 14.3 Å². The molecule has 1 aromatic heterocycles. The van der Waals surface area contributed by atoms with Crippen molar-refractivity contribution in [2.24, 2.45) is 0 Å². The first-order valence-electron chi connectivity index (χ1n) is 8.92. The molecule has 1 aliphatic rings. The SMILES string of the molecule is COc1ccc(Cl)cc1C(=O)NCCOc1cc(N2CCCC2)nc(C)n1. The molecule has 0 bridgehead atoms. The molecular weight excluding hydrogens is 368 g/mol. The van der Waals surface area contributed by atoms with Gasteiger partial charge in [-0.1, -0.05) is 11.6 Å². The van der Waals surface area contributed by atoms with Crippen molar-refractivity contribution in [2.45, 2.75) is 19.8 Å². The summed E-state index contributed by atoms with van der Waals surface area (Å²) < 4.78 is 10.9. The summed E-state index contributed by atoms with van der Waals surface area (Å²) in [6.07, 6.45) is 2.36. The van der Waals surface area contributed by atoms with Gasteiger partial charge in [0.1, 0.15) is 24.0 Å². The number of methoxy groups -OCH3 is 1. The van der Waals surface area contributed by atoms with E-state index in [4.69, 9.17) is 21.1 Å². The molecule has 2 aromatic rings. The number of carbonyl (C=O) groups is 1. The van der Waals surface area contributed by atoms with Gasteiger partial charge < -0.3 is 19.7 Å². The molecule has 0 unspecified atom stereocenters. The number of benzene rings is 1. The molecule has 8 heteroatoms. The molecular formula is C19H23ClN4O3. The van der Waals surface area contributed by atoms with E-state index in [1.807, 2.05) is 13.0 Å². The predicted molar refractivity (Wildman–Crippen MR) is 104 cm³/mol. The lowest BCUT2D eigenvalue weighted by Crippen LogP contribution is -2.28. The maximum atomic E-state index is 12.3. The van der Waals surface area contributed by atoms with Crippen LogP contribution in [0.15, 0.2) is 24.3 Å². The number of halogens is 1. The van der Waals surface area contributed by atoms with Gasteiger partial charge in [-0.25, -0.2) is 4.98 Å². The number of hydrogen-bond acceptors (Lipinski definition) is 6. The van der Waals surface area contributed by atoms with Crippen molar-refractivity contribution in [1.29, 1.82) is 0 Å². The number of aromatic nitrogens is 2. The molecule has 27 heavy (non-hydrogen) atoms. The Morgan fingerprint density at radius 3 is 2.78 bits per heavy atom. The quantitative estimate of drug-likeness (QED) is 0.732. The van der Waals surface area contributed by atoms with Crippen LogP contribution in [0.3, 0.4) is 0 Å². The highest BCUT2D eigenvalue weighted by Gasteiger charge is 2.16. The van der Waals surface area contributed by atoms with E-state index in [0.29, 0.717) is 41.2 Å². The molecule has 1 amide bonds. The van der Waals surface area contributed by atoms with E-state index in [0.717, 1.165) is 18.9 Å². The molecule has 1 saturated heterocycles. The van der Waals surface area contributed by atoms with Crippen LogP contribution in [0.25, 0.3) is 0 Å². The van der Waals surface area contributed by atoms with Crippen LogP contribution in [-0.2, 0) is 0 Å². The Labute approximate surface area is 163 Å². The highest BCUT2D eigenvalue weighted by molar-refractivity contribution is 6.31. The molecule has 3 rings (SSSR count). The minimum Gasteiger partial charge on any atom is -0.496 e. The Balaban J connectivity index is 1.54. The number of hydrogen-bond donors (Lipinski definition) is 1. The molecule has 0 atom stereocenters. The van der Waals surface area contributed by atoms with E-state index < -0.39 is 0 Å². The maximum absolute atomic E-state index is 12.3. The molecule has 1 fully saturated rings. The number of aryl methyl sites for hydroxylation is 1. The van der Waals surface area contributed by atoms with Crippen LogP contribution in [0.5, 0.6) is 11.6 Å². The van der Waals surface area contributed by atoms with Gasteiger partial charge in [0, 0.05) is 24.2 Å². The minimum atomic E-state index is -0.269. The first kappa shape index (κ1) is 19.2. The van der Waals surface area contributed by atoms with E-state index in [1.54, 1.807) is 18.2 Å². The van der Waals surface area contributed by atoms with Gasteiger partial charge in [0.2, 0.25) is 5.88 Å². The summed E-state index contributed by atoms with van der Waals surface area (Å²) in [4.78, 5) is 23.4. The lowest BCUT2D eigenvalue weighted by Gasteiger charge is -2.17. The van der Waals surface area contributed by atoms with E-state index in [9.17, 15) is 4.79 Å². The summed E-state index contributed by atoms with van der Waals surface area (Å²) >= 11 is 5.96. The van der Waals surface area contributed by atoms with Crippen molar-refractivity contribution in [1.82, 2.24) is 15.3 Å². The Morgan fingerprint density at radius 2 is 2.04 bits per heavy atom. The van der Waals surface area contributed by atoms with Crippen molar-refractivity contribution in [3.05, 3.63) is 40.7 Å². The summed E-state index contributed by atoms with van der Waals surface area (Å²) in [6.45, 7) is 4.49. The van der Waals surface area contributed by atoms with E-state index in [2.05, 4.69) is 20.2 Å². The third kappa shape index (κ3) is 5.01. The molecule has 0 saturated carbocycles. The molecule has 1 N–H and O–H groups in total. The van der Waals surface area contributed by atoms with Crippen molar-refractivity contribution in [3.63, 3.8) is 0 Å². The average molecular weight is 391 g/mol. The number of ether oxygens (including phenoxy) is 2. The van der Waals surface area contributed by atoms with Crippen LogP contribution in [-0.4, -0.2) is 49.2 Å². The predicted octanol–water partition coefficient (Wildman–Crippen LogP) is 2.86. The lowest BCUT2D eigenvalue weighted by atomic mass is 10.2. The number of rotatable bonds is 7. The standard InChI is InChI=1S/C19H23ClN4O3/c1-13-22-17(24-8-3-4-9-24)12-18(23-13)27-10-7-21-19(25)15-11-14(20)5-6-16(15)26-2/h5-6,11-12H,3-4,7-10H2,1-2H3,(H,21,25). The van der Waals surface area contributed by atoms with Gasteiger partial charge in [-0.15, -0.1) is 0 Å². The van der Waals surface area contributed by atoms with Gasteiger partial charge in [-0.2, -0.15) is 4.98 Å². The minimum absolute atomic E-state index is 0.269. The zero-order chi connectivity index (χ0) is 19.2. The number of carbonyl (C=O) groups excluding carboxylic acids is 1. The topological polar surface area (TPSA) is 76.6 Å². The highest BCUT2D eigenvalue weighted by Crippen LogP contribution is 2.23. The van der Waals surface area contributed by atoms with Gasteiger partial charge in [0.15, 0.2) is 0 Å². The van der Waals surface area contributed by atoms with Crippen molar-refractivity contribution in [2.75, 3.05) is 38.3 Å². The smallest absolute Gasteiger partial charge is 0.255 e. The fraction of sp³-hybridized carbons (Fsp3) is 0.421. The maximum Gasteiger partial charge on any atom is 0.255 e. The molecule has 0 aliphatic carbocycles. The molecule has 7 nitrogen and oxygen atoms in total. The Kier molecular flexibility index (Phi) is 6.34. The second-order valence-corrected chi connectivity index (χ2v) is 6.69. The highest BCUT2D eigenvalue weighted by atomic mass is 35.5. The fourth-order valence-corrected chi connectivity index (χ4v) is 3.15. The zero-order valence-corrected chi connectivity index (χ0v) is 16.3. The number of nitrogens with one attached hydrogen (secondary N) is 1. The van der Waals surface area contributed by atoms with Gasteiger partial charge in [-0.05, 0) is 38.0 Å². The van der Waals surface area contributed by atoms with Gasteiger partial charge in [0.05, 0.1) is 19.2 Å². The number of amides is 1. The summed E-state index contributed by atoms with van der Waals surface area (Å²) in [5, 5.41) is 3.27. The van der Waals surface area contributed by atoms with E-state index in [-0.39, 0.29) is 5.91 Å². The van der Waals surface area contributed by atoms with Crippen molar-refractivity contribution >= 4 is 23.3 Å². The lowest BCUT2D eigenvalue weighted by molar-refractivity contribution is 0.0943. The van der Waals surface area contributed by atoms with Crippen LogP contribution in [0, 0.1) is 6.92 Å². The second-order valence-electron chi connectivity index (χ2n) is 6.25. The van der Waals surface area contributed by atoms with Crippen LogP contribution in [0.1, 0.15) is 29.0 Å². The molecule has 2 heterocycles. The first-order chi connectivity index (χ1) is 13.1. The summed E-state index contributed by atoms with van der Waals surface area (Å²) in [5.74, 6) is 2.28. The van der Waals surface area contributed by atoms with Crippen molar-refractivity contribution in [3.8, 4) is 11.6 Å². The van der Waals surface area contributed by atoms with Crippen LogP contribution in [0.4, 0.5) is 5.82 Å². The Morgan fingerprint density at radius 1 is 1.26 bits per heavy atom. The van der Waals surface area contributed by atoms with E-state index >= 15 is 0 Å². The summed E-state index contributed by atoms with van der Waals surface area (Å²) in [5.41, 5.74) is 0.388. The Bertz CT molecular complexity index is 810. The molecule has 1 aromatic carbocycles. The van der Waals surface area contributed by atoms with Crippen LogP contribution < -0.4 is 19.7 Å².